The molecular formula is C17H20Cl2N6O2S. The Hall–Kier alpha value is -1.55. The number of thioether (sulfide) groups is 1. The third-order valence-corrected chi connectivity index (χ3v) is 6.10. The summed E-state index contributed by atoms with van der Waals surface area (Å²) >= 11 is 13.3. The molecule has 1 amide bonds. The highest BCUT2D eigenvalue weighted by molar-refractivity contribution is 8.00. The Balaban J connectivity index is 1.47. The van der Waals surface area contributed by atoms with Crippen LogP contribution < -0.4 is 10.2 Å². The lowest BCUT2D eigenvalue weighted by Crippen LogP contribution is -2.38. The maximum atomic E-state index is 12.6. The molecule has 28 heavy (non-hydrogen) atoms. The highest BCUT2D eigenvalue weighted by Gasteiger charge is 2.33. The number of carbonyl (C=O) groups is 1. The Bertz CT molecular complexity index is 869. The van der Waals surface area contributed by atoms with Crippen LogP contribution in [0.5, 0.6) is 0 Å². The summed E-state index contributed by atoms with van der Waals surface area (Å²) in [5.74, 6) is 0.949. The second-order valence-electron chi connectivity index (χ2n) is 6.72. The van der Waals surface area contributed by atoms with Gasteiger partial charge in [0.1, 0.15) is 0 Å². The van der Waals surface area contributed by atoms with E-state index in [2.05, 4.69) is 30.0 Å². The van der Waals surface area contributed by atoms with Gasteiger partial charge in [-0.15, -0.1) is 10.2 Å². The zero-order chi connectivity index (χ0) is 19.7. The summed E-state index contributed by atoms with van der Waals surface area (Å²) < 4.78 is 7.59. The molecule has 1 aliphatic carbocycles. The predicted molar refractivity (Wildman–Crippen MR) is 110 cm³/mol. The fourth-order valence-electron chi connectivity index (χ4n) is 2.92. The molecule has 11 heteroatoms. The van der Waals surface area contributed by atoms with Crippen LogP contribution in [-0.2, 0) is 9.53 Å². The summed E-state index contributed by atoms with van der Waals surface area (Å²) in [4.78, 5) is 18.9. The molecule has 2 aromatic heterocycles. The van der Waals surface area contributed by atoms with Gasteiger partial charge in [0.25, 0.3) is 0 Å². The average molecular weight is 443 g/mol. The van der Waals surface area contributed by atoms with Crippen molar-refractivity contribution in [1.82, 2.24) is 19.7 Å². The van der Waals surface area contributed by atoms with Crippen molar-refractivity contribution in [3.05, 3.63) is 22.3 Å². The number of anilines is 2. The number of halogens is 2. The summed E-state index contributed by atoms with van der Waals surface area (Å²) in [6.07, 6.45) is 3.65. The molecule has 150 valence electrons. The number of pyridine rings is 1. The lowest BCUT2D eigenvalue weighted by atomic mass is 10.4. The van der Waals surface area contributed by atoms with Crippen molar-refractivity contribution in [3.8, 4) is 0 Å². The van der Waals surface area contributed by atoms with Crippen molar-refractivity contribution in [3.63, 3.8) is 0 Å². The predicted octanol–water partition coefficient (Wildman–Crippen LogP) is 3.27. The third-order valence-electron chi connectivity index (χ3n) is 4.55. The van der Waals surface area contributed by atoms with Crippen molar-refractivity contribution in [2.24, 2.45) is 0 Å². The molecular weight excluding hydrogens is 423 g/mol. The number of amides is 1. The van der Waals surface area contributed by atoms with E-state index in [0.717, 1.165) is 37.0 Å². The largest absolute Gasteiger partial charge is 0.378 e. The minimum Gasteiger partial charge on any atom is -0.378 e. The van der Waals surface area contributed by atoms with Crippen LogP contribution in [0.3, 0.4) is 0 Å². The minimum absolute atomic E-state index is 0.208. The summed E-state index contributed by atoms with van der Waals surface area (Å²) in [6.45, 7) is 4.80. The van der Waals surface area contributed by atoms with E-state index in [-0.39, 0.29) is 5.91 Å². The standard InChI is InChI=1S/C17H20Cl2N6O2S/c1-10(15(26)21-14-13(19)8-11(18)9-20-14)28-17-23-22-16(25(17)12-2-3-12)24-4-6-27-7-5-24/h8-10,12H,2-7H2,1H3,(H,20,21,26). The van der Waals surface area contributed by atoms with Crippen LogP contribution in [0, 0.1) is 0 Å². The second kappa shape index (κ2) is 8.44. The van der Waals surface area contributed by atoms with E-state index in [1.807, 2.05) is 6.92 Å². The maximum absolute atomic E-state index is 12.6. The van der Waals surface area contributed by atoms with Crippen LogP contribution in [-0.4, -0.2) is 57.2 Å². The summed E-state index contributed by atoms with van der Waals surface area (Å²) in [5, 5.41) is 12.6. The SMILES string of the molecule is CC(Sc1nnc(N2CCOCC2)n1C1CC1)C(=O)Nc1ncc(Cl)cc1Cl. The smallest absolute Gasteiger partial charge is 0.238 e. The molecule has 0 spiro atoms. The van der Waals surface area contributed by atoms with Crippen molar-refractivity contribution in [2.45, 2.75) is 36.2 Å². The summed E-state index contributed by atoms with van der Waals surface area (Å²) in [6, 6.07) is 1.94. The fraction of sp³-hybridized carbons (Fsp3) is 0.529. The van der Waals surface area contributed by atoms with E-state index in [1.54, 1.807) is 6.07 Å². The van der Waals surface area contributed by atoms with Gasteiger partial charge in [-0.1, -0.05) is 35.0 Å². The molecule has 1 saturated carbocycles. The van der Waals surface area contributed by atoms with Crippen molar-refractivity contribution >= 4 is 52.6 Å². The Morgan fingerprint density at radius 1 is 1.32 bits per heavy atom. The number of hydrogen-bond donors (Lipinski definition) is 1. The van der Waals surface area contributed by atoms with Gasteiger partial charge < -0.3 is 15.0 Å². The van der Waals surface area contributed by atoms with E-state index in [1.165, 1.54) is 18.0 Å². The number of nitrogens with one attached hydrogen (secondary N) is 1. The molecule has 0 aromatic carbocycles. The van der Waals surface area contributed by atoms with Gasteiger partial charge in [-0.05, 0) is 25.8 Å². The molecule has 2 aromatic rings. The number of nitrogens with zero attached hydrogens (tertiary/aromatic N) is 5. The number of rotatable bonds is 6. The Morgan fingerprint density at radius 2 is 2.07 bits per heavy atom. The van der Waals surface area contributed by atoms with Gasteiger partial charge in [0, 0.05) is 25.3 Å². The quantitative estimate of drug-likeness (QED) is 0.686. The zero-order valence-electron chi connectivity index (χ0n) is 15.3. The first-order valence-corrected chi connectivity index (χ1v) is 10.7. The first-order valence-electron chi connectivity index (χ1n) is 9.09. The van der Waals surface area contributed by atoms with Crippen LogP contribution in [0.25, 0.3) is 0 Å². The fourth-order valence-corrected chi connectivity index (χ4v) is 4.26. The van der Waals surface area contributed by atoms with E-state index >= 15 is 0 Å². The zero-order valence-corrected chi connectivity index (χ0v) is 17.6. The highest BCUT2D eigenvalue weighted by Crippen LogP contribution is 2.41. The molecule has 1 atom stereocenters. The van der Waals surface area contributed by atoms with Crippen molar-refractivity contribution < 1.29 is 9.53 Å². The molecule has 1 saturated heterocycles. The van der Waals surface area contributed by atoms with Crippen LogP contribution in [0.15, 0.2) is 17.4 Å². The molecule has 1 unspecified atom stereocenters. The van der Waals surface area contributed by atoms with E-state index in [0.29, 0.717) is 35.1 Å². The summed E-state index contributed by atoms with van der Waals surface area (Å²) in [5.41, 5.74) is 0. The highest BCUT2D eigenvalue weighted by atomic mass is 35.5. The molecule has 1 N–H and O–H groups in total. The molecule has 0 radical (unpaired) electrons. The number of morpholine rings is 1. The Kier molecular flexibility index (Phi) is 5.96. The normalized spacial score (nSPS) is 18.2. The van der Waals surface area contributed by atoms with Gasteiger partial charge in [0.15, 0.2) is 11.0 Å². The Morgan fingerprint density at radius 3 is 2.75 bits per heavy atom. The van der Waals surface area contributed by atoms with Crippen LogP contribution in [0.4, 0.5) is 11.8 Å². The van der Waals surface area contributed by atoms with Crippen LogP contribution in [0.1, 0.15) is 25.8 Å². The number of carbonyl (C=O) groups excluding carboxylic acids is 1. The van der Waals surface area contributed by atoms with Gasteiger partial charge in [0.2, 0.25) is 11.9 Å². The van der Waals surface area contributed by atoms with E-state index in [4.69, 9.17) is 27.9 Å². The monoisotopic (exact) mass is 442 g/mol. The number of hydrogen-bond acceptors (Lipinski definition) is 7. The van der Waals surface area contributed by atoms with Crippen LogP contribution in [0.2, 0.25) is 10.0 Å². The minimum atomic E-state index is -0.396. The lowest BCUT2D eigenvalue weighted by molar-refractivity contribution is -0.115. The molecule has 0 bridgehead atoms. The van der Waals surface area contributed by atoms with E-state index < -0.39 is 5.25 Å². The lowest BCUT2D eigenvalue weighted by Gasteiger charge is -2.28. The van der Waals surface area contributed by atoms with Gasteiger partial charge >= 0.3 is 0 Å². The second-order valence-corrected chi connectivity index (χ2v) is 8.87. The van der Waals surface area contributed by atoms with Crippen molar-refractivity contribution in [2.75, 3.05) is 36.5 Å². The maximum Gasteiger partial charge on any atom is 0.238 e. The van der Waals surface area contributed by atoms with Gasteiger partial charge in [-0.25, -0.2) is 4.98 Å². The average Bonchev–Trinajstić information content (AvgIpc) is 3.44. The molecule has 8 nitrogen and oxygen atoms in total. The molecule has 2 aliphatic rings. The van der Waals surface area contributed by atoms with E-state index in [9.17, 15) is 4.79 Å². The summed E-state index contributed by atoms with van der Waals surface area (Å²) in [7, 11) is 0. The number of ether oxygens (including phenoxy) is 1. The van der Waals surface area contributed by atoms with Gasteiger partial charge in [-0.3, -0.25) is 9.36 Å². The van der Waals surface area contributed by atoms with Gasteiger partial charge in [-0.2, -0.15) is 0 Å². The Labute approximate surface area is 176 Å². The topological polar surface area (TPSA) is 85.2 Å². The first kappa shape index (κ1) is 19.8. The molecule has 4 rings (SSSR count). The van der Waals surface area contributed by atoms with Gasteiger partial charge in [0.05, 0.1) is 28.5 Å². The first-order chi connectivity index (χ1) is 13.5. The number of aromatic nitrogens is 4. The molecule has 3 heterocycles. The molecule has 1 aliphatic heterocycles. The molecule has 2 fully saturated rings. The van der Waals surface area contributed by atoms with Crippen LogP contribution >= 0.6 is 35.0 Å². The third kappa shape index (κ3) is 4.37. The van der Waals surface area contributed by atoms with Crippen molar-refractivity contribution in [1.29, 1.82) is 0 Å².